The zero-order valence-corrected chi connectivity index (χ0v) is 20.4. The molecule has 1 atom stereocenters. The molecular formula is C23H26ClN5O4S. The van der Waals surface area contributed by atoms with Gasteiger partial charge in [0.1, 0.15) is 10.4 Å². The van der Waals surface area contributed by atoms with Gasteiger partial charge in [0.05, 0.1) is 5.92 Å². The molecule has 5 rings (SSSR count). The van der Waals surface area contributed by atoms with E-state index in [0.717, 1.165) is 11.3 Å². The number of piperidine rings is 1. The first kappa shape index (κ1) is 23.1. The minimum atomic E-state index is -3.83. The SMILES string of the molecule is Cc1ccc(Cl)cc1N1CCN(C(=O)C2CCCN(S(=O)(=O)c3cccc4nonc34)C2)CC1. The van der Waals surface area contributed by atoms with Crippen LogP contribution in [0.2, 0.25) is 5.02 Å². The lowest BCUT2D eigenvalue weighted by Crippen LogP contribution is -2.53. The molecule has 180 valence electrons. The monoisotopic (exact) mass is 503 g/mol. The number of carbonyl (C=O) groups excluding carboxylic acids is 1. The molecule has 2 aliphatic rings. The molecule has 1 amide bonds. The average Bonchev–Trinajstić information content (AvgIpc) is 3.34. The van der Waals surface area contributed by atoms with Gasteiger partial charge in [0.25, 0.3) is 0 Å². The normalized spacial score (nSPS) is 20.1. The van der Waals surface area contributed by atoms with Gasteiger partial charge in [-0.3, -0.25) is 4.79 Å². The number of aromatic nitrogens is 2. The lowest BCUT2D eigenvalue weighted by molar-refractivity contribution is -0.137. The van der Waals surface area contributed by atoms with Crippen molar-refractivity contribution in [2.45, 2.75) is 24.7 Å². The van der Waals surface area contributed by atoms with Crippen molar-refractivity contribution in [3.8, 4) is 0 Å². The Morgan fingerprint density at radius 1 is 1.09 bits per heavy atom. The van der Waals surface area contributed by atoms with Crippen LogP contribution in [0.3, 0.4) is 0 Å². The molecule has 0 bridgehead atoms. The van der Waals surface area contributed by atoms with Crippen molar-refractivity contribution >= 4 is 44.3 Å². The predicted octanol–water partition coefficient (Wildman–Crippen LogP) is 2.93. The molecule has 0 N–H and O–H groups in total. The van der Waals surface area contributed by atoms with E-state index in [-0.39, 0.29) is 28.8 Å². The Morgan fingerprint density at radius 3 is 2.68 bits per heavy atom. The highest BCUT2D eigenvalue weighted by molar-refractivity contribution is 7.89. The third kappa shape index (κ3) is 4.25. The molecule has 2 aliphatic heterocycles. The standard InChI is InChI=1S/C23H26ClN5O4S/c1-16-7-8-18(24)14-20(16)27-10-12-28(13-11-27)23(30)17-4-3-9-29(15-17)34(31,32)21-6-2-5-19-22(21)26-33-25-19/h2,5-8,14,17H,3-4,9-13,15H2,1H3. The second-order valence-electron chi connectivity index (χ2n) is 8.83. The van der Waals surface area contributed by atoms with E-state index in [0.29, 0.717) is 56.1 Å². The number of hydrogen-bond acceptors (Lipinski definition) is 7. The second kappa shape index (κ2) is 9.16. The number of rotatable bonds is 4. The van der Waals surface area contributed by atoms with E-state index >= 15 is 0 Å². The van der Waals surface area contributed by atoms with Crippen molar-refractivity contribution in [3.63, 3.8) is 0 Å². The van der Waals surface area contributed by atoms with Crippen molar-refractivity contribution in [3.05, 3.63) is 47.0 Å². The van der Waals surface area contributed by atoms with Gasteiger partial charge in [0, 0.05) is 50.0 Å². The van der Waals surface area contributed by atoms with E-state index in [4.69, 9.17) is 16.2 Å². The summed E-state index contributed by atoms with van der Waals surface area (Å²) in [6, 6.07) is 10.6. The first-order valence-corrected chi connectivity index (χ1v) is 13.2. The number of halogens is 1. The second-order valence-corrected chi connectivity index (χ2v) is 11.2. The topological polar surface area (TPSA) is 99.8 Å². The Balaban J connectivity index is 1.27. The van der Waals surface area contributed by atoms with Crippen molar-refractivity contribution in [2.75, 3.05) is 44.2 Å². The number of aryl methyl sites for hydroxylation is 1. The summed E-state index contributed by atoms with van der Waals surface area (Å²) < 4.78 is 32.9. The fourth-order valence-corrected chi connectivity index (χ4v) is 6.67. The van der Waals surface area contributed by atoms with Crippen LogP contribution >= 0.6 is 11.6 Å². The van der Waals surface area contributed by atoms with Crippen molar-refractivity contribution in [2.24, 2.45) is 5.92 Å². The van der Waals surface area contributed by atoms with Crippen LogP contribution in [0.4, 0.5) is 5.69 Å². The summed E-state index contributed by atoms with van der Waals surface area (Å²) in [5.74, 6) is -0.346. The van der Waals surface area contributed by atoms with Crippen LogP contribution in [0.15, 0.2) is 45.9 Å². The number of sulfonamides is 1. The first-order valence-electron chi connectivity index (χ1n) is 11.4. The Kier molecular flexibility index (Phi) is 6.22. The minimum absolute atomic E-state index is 0.0173. The number of piperazine rings is 1. The molecule has 0 spiro atoms. The number of anilines is 1. The number of amides is 1. The van der Waals surface area contributed by atoms with Crippen LogP contribution < -0.4 is 4.90 Å². The highest BCUT2D eigenvalue weighted by Crippen LogP contribution is 2.29. The molecule has 3 heterocycles. The Hall–Kier alpha value is -2.69. The summed E-state index contributed by atoms with van der Waals surface area (Å²) >= 11 is 6.18. The van der Waals surface area contributed by atoms with Gasteiger partial charge in [-0.05, 0) is 59.9 Å². The number of hydrogen-bond donors (Lipinski definition) is 0. The molecule has 3 aromatic rings. The fourth-order valence-electron chi connectivity index (χ4n) is 4.84. The van der Waals surface area contributed by atoms with Gasteiger partial charge in [-0.25, -0.2) is 13.0 Å². The number of benzene rings is 2. The average molecular weight is 504 g/mol. The number of carbonyl (C=O) groups is 1. The van der Waals surface area contributed by atoms with Gasteiger partial charge >= 0.3 is 0 Å². The molecule has 34 heavy (non-hydrogen) atoms. The van der Waals surface area contributed by atoms with Crippen LogP contribution in [-0.4, -0.2) is 73.1 Å². The highest BCUT2D eigenvalue weighted by atomic mass is 35.5. The van der Waals surface area contributed by atoms with E-state index in [9.17, 15) is 13.2 Å². The van der Waals surface area contributed by atoms with Gasteiger partial charge in [-0.1, -0.05) is 23.7 Å². The van der Waals surface area contributed by atoms with E-state index in [1.54, 1.807) is 12.1 Å². The summed E-state index contributed by atoms with van der Waals surface area (Å²) in [7, 11) is -3.83. The third-order valence-electron chi connectivity index (χ3n) is 6.70. The smallest absolute Gasteiger partial charge is 0.245 e. The lowest BCUT2D eigenvalue weighted by atomic mass is 9.97. The molecule has 1 unspecified atom stereocenters. The van der Waals surface area contributed by atoms with Gasteiger partial charge < -0.3 is 9.80 Å². The first-order chi connectivity index (χ1) is 16.3. The molecule has 0 saturated carbocycles. The summed E-state index contributed by atoms with van der Waals surface area (Å²) in [6.45, 7) is 5.20. The maximum absolute atomic E-state index is 13.4. The van der Waals surface area contributed by atoms with Gasteiger partial charge in [-0.2, -0.15) is 4.31 Å². The van der Waals surface area contributed by atoms with Gasteiger partial charge in [-0.15, -0.1) is 0 Å². The van der Waals surface area contributed by atoms with E-state index in [2.05, 4.69) is 22.1 Å². The quantitative estimate of drug-likeness (QED) is 0.539. The molecule has 2 aromatic carbocycles. The molecule has 1 aromatic heterocycles. The molecule has 0 radical (unpaired) electrons. The van der Waals surface area contributed by atoms with E-state index in [1.165, 1.54) is 10.4 Å². The van der Waals surface area contributed by atoms with Crippen LogP contribution in [-0.2, 0) is 14.8 Å². The molecule has 2 saturated heterocycles. The lowest BCUT2D eigenvalue weighted by Gasteiger charge is -2.40. The minimum Gasteiger partial charge on any atom is -0.368 e. The Bertz CT molecular complexity index is 1320. The molecule has 0 aliphatic carbocycles. The number of nitrogens with zero attached hydrogens (tertiary/aromatic N) is 5. The van der Waals surface area contributed by atoms with Gasteiger partial charge in [0.2, 0.25) is 15.9 Å². The number of fused-ring (bicyclic) bond motifs is 1. The van der Waals surface area contributed by atoms with Crippen molar-refractivity contribution in [1.29, 1.82) is 0 Å². The molecule has 2 fully saturated rings. The summed E-state index contributed by atoms with van der Waals surface area (Å²) in [5.41, 5.74) is 2.84. The van der Waals surface area contributed by atoms with E-state index in [1.807, 2.05) is 23.1 Å². The molecular weight excluding hydrogens is 478 g/mol. The zero-order valence-electron chi connectivity index (χ0n) is 18.9. The van der Waals surface area contributed by atoms with Crippen LogP contribution in [0, 0.1) is 12.8 Å². The highest BCUT2D eigenvalue weighted by Gasteiger charge is 2.37. The van der Waals surface area contributed by atoms with Crippen LogP contribution in [0.5, 0.6) is 0 Å². The van der Waals surface area contributed by atoms with Crippen LogP contribution in [0.25, 0.3) is 11.0 Å². The fraction of sp³-hybridized carbons (Fsp3) is 0.435. The Morgan fingerprint density at radius 2 is 1.88 bits per heavy atom. The largest absolute Gasteiger partial charge is 0.368 e. The molecule has 9 nitrogen and oxygen atoms in total. The van der Waals surface area contributed by atoms with Gasteiger partial charge in [0.15, 0.2) is 5.52 Å². The zero-order chi connectivity index (χ0) is 23.9. The maximum Gasteiger partial charge on any atom is 0.245 e. The Labute approximate surface area is 203 Å². The molecule has 11 heteroatoms. The predicted molar refractivity (Wildman–Crippen MR) is 128 cm³/mol. The summed E-state index contributed by atoms with van der Waals surface area (Å²) in [6.07, 6.45) is 1.30. The third-order valence-corrected chi connectivity index (χ3v) is 8.84. The van der Waals surface area contributed by atoms with Crippen molar-refractivity contribution in [1.82, 2.24) is 19.5 Å². The summed E-state index contributed by atoms with van der Waals surface area (Å²) in [4.78, 5) is 17.5. The van der Waals surface area contributed by atoms with E-state index < -0.39 is 10.0 Å². The van der Waals surface area contributed by atoms with Crippen LogP contribution in [0.1, 0.15) is 18.4 Å². The maximum atomic E-state index is 13.4. The summed E-state index contributed by atoms with van der Waals surface area (Å²) in [5, 5.41) is 8.20. The van der Waals surface area contributed by atoms with Crippen molar-refractivity contribution < 1.29 is 17.8 Å².